The Morgan fingerprint density at radius 2 is 1.93 bits per heavy atom. The molecule has 1 unspecified atom stereocenters. The summed E-state index contributed by atoms with van der Waals surface area (Å²) < 4.78 is 15.2. The molecule has 1 aliphatic heterocycles. The van der Waals surface area contributed by atoms with Crippen LogP contribution in [0.3, 0.4) is 0 Å². The normalized spacial score (nSPS) is 16.3. The topological polar surface area (TPSA) is 50.2 Å². The zero-order chi connectivity index (χ0) is 19.3. The predicted octanol–water partition coefficient (Wildman–Crippen LogP) is 4.31. The van der Waals surface area contributed by atoms with Gasteiger partial charge in [-0.2, -0.15) is 5.10 Å². The SMILES string of the molecule is O=C(Nc1ccn(Cc2ccccc2)n1)N1CCCC1Cc1cccc(F)c1. The molecule has 1 atom stereocenters. The molecule has 0 aliphatic carbocycles. The largest absolute Gasteiger partial charge is 0.323 e. The molecule has 28 heavy (non-hydrogen) atoms. The van der Waals surface area contributed by atoms with Crippen LogP contribution in [0.4, 0.5) is 15.0 Å². The van der Waals surface area contributed by atoms with E-state index >= 15 is 0 Å². The zero-order valence-corrected chi connectivity index (χ0v) is 15.6. The van der Waals surface area contributed by atoms with Gasteiger partial charge in [0.05, 0.1) is 6.54 Å². The number of hydrogen-bond acceptors (Lipinski definition) is 2. The molecule has 0 radical (unpaired) electrons. The van der Waals surface area contributed by atoms with Crippen molar-refractivity contribution in [2.75, 3.05) is 11.9 Å². The quantitative estimate of drug-likeness (QED) is 0.719. The molecule has 1 aromatic heterocycles. The minimum Gasteiger partial charge on any atom is -0.321 e. The molecular formula is C22H23FN4O. The van der Waals surface area contributed by atoms with E-state index in [2.05, 4.69) is 10.4 Å². The Morgan fingerprint density at radius 3 is 2.75 bits per heavy atom. The minimum atomic E-state index is -0.240. The molecule has 0 saturated carbocycles. The molecule has 2 aromatic carbocycles. The molecule has 4 rings (SSSR count). The highest BCUT2D eigenvalue weighted by Crippen LogP contribution is 2.22. The minimum absolute atomic E-state index is 0.0770. The van der Waals surface area contributed by atoms with E-state index in [0.717, 1.165) is 24.0 Å². The summed E-state index contributed by atoms with van der Waals surface area (Å²) in [6.45, 7) is 1.36. The fourth-order valence-corrected chi connectivity index (χ4v) is 3.72. The maximum Gasteiger partial charge on any atom is 0.323 e. The van der Waals surface area contributed by atoms with Crippen molar-refractivity contribution in [2.45, 2.75) is 31.8 Å². The molecule has 144 valence electrons. The van der Waals surface area contributed by atoms with Crippen molar-refractivity contribution in [1.82, 2.24) is 14.7 Å². The van der Waals surface area contributed by atoms with Gasteiger partial charge in [-0.25, -0.2) is 9.18 Å². The van der Waals surface area contributed by atoms with Gasteiger partial charge in [0.2, 0.25) is 0 Å². The van der Waals surface area contributed by atoms with E-state index in [0.29, 0.717) is 25.3 Å². The lowest BCUT2D eigenvalue weighted by atomic mass is 10.0. The average molecular weight is 378 g/mol. The van der Waals surface area contributed by atoms with Crippen molar-refractivity contribution in [3.8, 4) is 0 Å². The molecule has 1 fully saturated rings. The van der Waals surface area contributed by atoms with Gasteiger partial charge < -0.3 is 4.90 Å². The van der Waals surface area contributed by atoms with Crippen LogP contribution in [0.1, 0.15) is 24.0 Å². The predicted molar refractivity (Wildman–Crippen MR) is 107 cm³/mol. The maximum atomic E-state index is 13.4. The zero-order valence-electron chi connectivity index (χ0n) is 15.6. The van der Waals surface area contributed by atoms with Gasteiger partial charge in [-0.05, 0) is 42.5 Å². The van der Waals surface area contributed by atoms with Crippen LogP contribution in [-0.4, -0.2) is 33.3 Å². The van der Waals surface area contributed by atoms with E-state index in [9.17, 15) is 9.18 Å². The lowest BCUT2D eigenvalue weighted by molar-refractivity contribution is 0.206. The monoisotopic (exact) mass is 378 g/mol. The molecule has 1 N–H and O–H groups in total. The Hall–Kier alpha value is -3.15. The van der Waals surface area contributed by atoms with E-state index in [1.165, 1.54) is 6.07 Å². The van der Waals surface area contributed by atoms with Crippen LogP contribution in [0.5, 0.6) is 0 Å². The average Bonchev–Trinajstić information content (AvgIpc) is 3.32. The lowest BCUT2D eigenvalue weighted by Crippen LogP contribution is -2.39. The van der Waals surface area contributed by atoms with Gasteiger partial charge in [0.15, 0.2) is 5.82 Å². The number of carbonyl (C=O) groups excluding carboxylic acids is 1. The molecule has 0 spiro atoms. The number of amides is 2. The van der Waals surface area contributed by atoms with Crippen LogP contribution in [0.25, 0.3) is 0 Å². The Balaban J connectivity index is 1.37. The van der Waals surface area contributed by atoms with Crippen LogP contribution < -0.4 is 5.32 Å². The highest BCUT2D eigenvalue weighted by Gasteiger charge is 2.29. The van der Waals surface area contributed by atoms with Crippen LogP contribution in [0.15, 0.2) is 66.9 Å². The highest BCUT2D eigenvalue weighted by molar-refractivity contribution is 5.88. The smallest absolute Gasteiger partial charge is 0.321 e. The Morgan fingerprint density at radius 1 is 1.11 bits per heavy atom. The maximum absolute atomic E-state index is 13.4. The summed E-state index contributed by atoms with van der Waals surface area (Å²) in [5, 5.41) is 7.34. The second kappa shape index (κ2) is 8.25. The molecule has 0 bridgehead atoms. The number of hydrogen-bond donors (Lipinski definition) is 1. The number of anilines is 1. The molecule has 3 aromatic rings. The number of nitrogens with zero attached hydrogens (tertiary/aromatic N) is 3. The number of nitrogens with one attached hydrogen (secondary N) is 1. The van der Waals surface area contributed by atoms with Gasteiger partial charge in [0, 0.05) is 24.8 Å². The standard InChI is InChI=1S/C22H23FN4O/c23-19-9-4-8-18(14-19)15-20-10-5-12-27(20)22(28)24-21-11-13-26(25-21)16-17-6-2-1-3-7-17/h1-4,6-9,11,13-14,20H,5,10,12,15-16H2,(H,24,25,28). The molecule has 1 aliphatic rings. The summed E-state index contributed by atoms with van der Waals surface area (Å²) in [6, 6.07) is 18.4. The third kappa shape index (κ3) is 4.39. The first-order chi connectivity index (χ1) is 13.7. The second-order valence-electron chi connectivity index (χ2n) is 7.14. The second-order valence-corrected chi connectivity index (χ2v) is 7.14. The molecule has 2 amide bonds. The summed E-state index contributed by atoms with van der Waals surface area (Å²) in [6.07, 6.45) is 4.40. The summed E-state index contributed by atoms with van der Waals surface area (Å²) in [5.41, 5.74) is 2.06. The van der Waals surface area contributed by atoms with Crippen molar-refractivity contribution in [1.29, 1.82) is 0 Å². The number of urea groups is 1. The van der Waals surface area contributed by atoms with Crippen molar-refractivity contribution >= 4 is 11.8 Å². The van der Waals surface area contributed by atoms with Gasteiger partial charge in [-0.15, -0.1) is 0 Å². The van der Waals surface area contributed by atoms with E-state index in [1.54, 1.807) is 22.9 Å². The van der Waals surface area contributed by atoms with Crippen LogP contribution in [0.2, 0.25) is 0 Å². The fraction of sp³-hybridized carbons (Fsp3) is 0.273. The van der Waals surface area contributed by atoms with Crippen LogP contribution in [0, 0.1) is 5.82 Å². The fourth-order valence-electron chi connectivity index (χ4n) is 3.72. The summed E-state index contributed by atoms with van der Waals surface area (Å²) >= 11 is 0. The third-order valence-electron chi connectivity index (χ3n) is 5.06. The van der Waals surface area contributed by atoms with Gasteiger partial charge in [-0.3, -0.25) is 10.00 Å². The first-order valence-electron chi connectivity index (χ1n) is 9.57. The number of rotatable bonds is 5. The number of carbonyl (C=O) groups is 1. The van der Waals surface area contributed by atoms with E-state index in [-0.39, 0.29) is 17.9 Å². The number of halogens is 1. The van der Waals surface area contributed by atoms with Gasteiger partial charge in [-0.1, -0.05) is 42.5 Å². The van der Waals surface area contributed by atoms with E-state index < -0.39 is 0 Å². The van der Waals surface area contributed by atoms with Crippen molar-refractivity contribution in [3.63, 3.8) is 0 Å². The van der Waals surface area contributed by atoms with Gasteiger partial charge >= 0.3 is 6.03 Å². The number of likely N-dealkylation sites (tertiary alicyclic amines) is 1. The summed E-state index contributed by atoms with van der Waals surface area (Å²) in [5.74, 6) is 0.299. The van der Waals surface area contributed by atoms with Gasteiger partial charge in [0.25, 0.3) is 0 Å². The summed E-state index contributed by atoms with van der Waals surface area (Å²) in [7, 11) is 0. The van der Waals surface area contributed by atoms with Crippen molar-refractivity contribution < 1.29 is 9.18 Å². The Labute approximate surface area is 163 Å². The van der Waals surface area contributed by atoms with Crippen LogP contribution >= 0.6 is 0 Å². The Bertz CT molecular complexity index is 940. The van der Waals surface area contributed by atoms with E-state index in [4.69, 9.17) is 0 Å². The van der Waals surface area contributed by atoms with Crippen LogP contribution in [-0.2, 0) is 13.0 Å². The number of benzene rings is 2. The molecule has 2 heterocycles. The van der Waals surface area contributed by atoms with Gasteiger partial charge in [0.1, 0.15) is 5.82 Å². The Kier molecular flexibility index (Phi) is 5.37. The summed E-state index contributed by atoms with van der Waals surface area (Å²) in [4.78, 5) is 14.6. The lowest BCUT2D eigenvalue weighted by Gasteiger charge is -2.24. The molecular weight excluding hydrogens is 355 g/mol. The molecule has 1 saturated heterocycles. The molecule has 6 heteroatoms. The first kappa shape index (κ1) is 18.2. The highest BCUT2D eigenvalue weighted by atomic mass is 19.1. The number of aromatic nitrogens is 2. The third-order valence-corrected chi connectivity index (χ3v) is 5.06. The van der Waals surface area contributed by atoms with Crippen molar-refractivity contribution in [2.24, 2.45) is 0 Å². The van der Waals surface area contributed by atoms with Crippen molar-refractivity contribution in [3.05, 3.63) is 83.8 Å². The first-order valence-corrected chi connectivity index (χ1v) is 9.57. The van der Waals surface area contributed by atoms with E-state index in [1.807, 2.05) is 47.5 Å². The molecule has 5 nitrogen and oxygen atoms in total.